The highest BCUT2D eigenvalue weighted by atomic mass is 127. The van der Waals surface area contributed by atoms with E-state index in [2.05, 4.69) is 97.4 Å². The van der Waals surface area contributed by atoms with Gasteiger partial charge in [0.1, 0.15) is 6.54 Å². The van der Waals surface area contributed by atoms with Crippen LogP contribution in [-0.4, -0.2) is 38.1 Å². The van der Waals surface area contributed by atoms with Gasteiger partial charge in [-0.1, -0.05) is 59.7 Å². The number of aromatic nitrogens is 1. The largest absolute Gasteiger partial charge is 1.00 e. The molecule has 0 saturated heterocycles. The minimum absolute atomic E-state index is 0. The highest BCUT2D eigenvalue weighted by Gasteiger charge is 2.46. The highest BCUT2D eigenvalue weighted by Crippen LogP contribution is 2.44. The molecule has 0 bridgehead atoms. The monoisotopic (exact) mass is 472 g/mol. The van der Waals surface area contributed by atoms with Crippen molar-refractivity contribution in [3.05, 3.63) is 36.0 Å². The molecular formula is C21H37IN2Si. The lowest BCUT2D eigenvalue weighted by Crippen LogP contribution is -3.00. The summed E-state index contributed by atoms with van der Waals surface area (Å²) in [6.07, 6.45) is 2.51. The molecule has 0 aliphatic heterocycles. The van der Waals surface area contributed by atoms with Crippen molar-refractivity contribution in [3.63, 3.8) is 0 Å². The molecule has 0 unspecified atom stereocenters. The van der Waals surface area contributed by atoms with Gasteiger partial charge in [-0.25, -0.2) is 0 Å². The Morgan fingerprint density at radius 2 is 1.36 bits per heavy atom. The molecule has 1 aromatic heterocycles. The molecule has 2 nitrogen and oxygen atoms in total. The summed E-state index contributed by atoms with van der Waals surface area (Å²) in [5, 5.41) is 1.45. The van der Waals surface area contributed by atoms with Crippen LogP contribution in [0.5, 0.6) is 0 Å². The molecule has 1 aromatic carbocycles. The fourth-order valence-electron chi connectivity index (χ4n) is 5.04. The molecule has 0 aliphatic carbocycles. The van der Waals surface area contributed by atoms with Gasteiger partial charge in [0.25, 0.3) is 0 Å². The number of para-hydroxylation sites is 1. The van der Waals surface area contributed by atoms with Crippen LogP contribution in [0.4, 0.5) is 0 Å². The van der Waals surface area contributed by atoms with Crippen LogP contribution >= 0.6 is 0 Å². The second kappa shape index (κ2) is 8.13. The van der Waals surface area contributed by atoms with E-state index in [-0.39, 0.29) is 24.0 Å². The second-order valence-corrected chi connectivity index (χ2v) is 15.1. The molecule has 1 heterocycles. The van der Waals surface area contributed by atoms with E-state index in [1.54, 1.807) is 0 Å². The quantitative estimate of drug-likeness (QED) is 0.346. The number of halogens is 1. The van der Waals surface area contributed by atoms with Gasteiger partial charge in [-0.15, -0.1) is 0 Å². The number of quaternary nitrogens is 1. The first-order valence-corrected chi connectivity index (χ1v) is 11.6. The Morgan fingerprint density at radius 1 is 0.880 bits per heavy atom. The summed E-state index contributed by atoms with van der Waals surface area (Å²) in [5.41, 5.74) is 5.08. The van der Waals surface area contributed by atoms with Gasteiger partial charge in [0.2, 0.25) is 0 Å². The zero-order chi connectivity index (χ0) is 18.3. The van der Waals surface area contributed by atoms with Gasteiger partial charge in [0, 0.05) is 22.7 Å². The molecule has 0 fully saturated rings. The number of rotatable bonds is 6. The van der Waals surface area contributed by atoms with Gasteiger partial charge >= 0.3 is 0 Å². The molecule has 0 N–H and O–H groups in total. The van der Waals surface area contributed by atoms with Crippen molar-refractivity contribution in [3.8, 4) is 0 Å². The first kappa shape index (κ1) is 22.7. The van der Waals surface area contributed by atoms with Crippen molar-refractivity contribution in [1.82, 2.24) is 4.23 Å². The molecule has 0 aliphatic rings. The van der Waals surface area contributed by atoms with Crippen LogP contribution in [0.15, 0.2) is 30.5 Å². The lowest BCUT2D eigenvalue weighted by Gasteiger charge is -2.44. The van der Waals surface area contributed by atoms with Gasteiger partial charge in [-0.3, -0.25) is 0 Å². The van der Waals surface area contributed by atoms with Crippen LogP contribution < -0.4 is 24.0 Å². The van der Waals surface area contributed by atoms with Crippen LogP contribution in [0.2, 0.25) is 16.6 Å². The predicted octanol–water partition coefficient (Wildman–Crippen LogP) is 2.88. The zero-order valence-electron chi connectivity index (χ0n) is 17.6. The number of nitrogens with zero attached hydrogens (tertiary/aromatic N) is 2. The van der Waals surface area contributed by atoms with E-state index >= 15 is 0 Å². The summed E-state index contributed by atoms with van der Waals surface area (Å²) in [6.45, 7) is 15.7. The van der Waals surface area contributed by atoms with E-state index in [0.29, 0.717) is 16.6 Å². The molecular weight excluding hydrogens is 435 g/mol. The van der Waals surface area contributed by atoms with Gasteiger partial charge in [0.05, 0.1) is 21.1 Å². The fourth-order valence-corrected chi connectivity index (χ4v) is 11.7. The molecule has 2 aromatic rings. The van der Waals surface area contributed by atoms with E-state index in [1.807, 2.05) is 0 Å². The first-order valence-electron chi connectivity index (χ1n) is 9.41. The molecule has 0 amide bonds. The Hall–Kier alpha value is -0.333. The van der Waals surface area contributed by atoms with Crippen molar-refractivity contribution in [1.29, 1.82) is 0 Å². The maximum absolute atomic E-state index is 2.76. The summed E-state index contributed by atoms with van der Waals surface area (Å²) in [6, 6.07) is 9.05. The van der Waals surface area contributed by atoms with Gasteiger partial charge in [0.15, 0.2) is 8.24 Å². The van der Waals surface area contributed by atoms with Crippen LogP contribution in [0, 0.1) is 0 Å². The summed E-state index contributed by atoms with van der Waals surface area (Å²) in [5.74, 6) is 0. The molecule has 2 rings (SSSR count). The first-order chi connectivity index (χ1) is 11.0. The van der Waals surface area contributed by atoms with Crippen LogP contribution in [0.3, 0.4) is 0 Å². The standard InChI is InChI=1S/C21H37N2Si.HI/c1-16(2)24(17(3)4,18(5)6)22-14-19(15-23(7,8)9)20-12-10-11-13-21(20)22;/h10-14,16-18H,15H2,1-9H3;1H/q+1;/p-1. The Labute approximate surface area is 173 Å². The maximum Gasteiger partial charge on any atom is 0.169 e. The number of benzene rings is 1. The van der Waals surface area contributed by atoms with Crippen LogP contribution in [0.1, 0.15) is 47.1 Å². The Bertz CT molecular complexity index is 674. The summed E-state index contributed by atoms with van der Waals surface area (Å²) in [7, 11) is 5.13. The molecule has 142 valence electrons. The van der Waals surface area contributed by atoms with E-state index in [0.717, 1.165) is 11.0 Å². The number of hydrogen-bond donors (Lipinski definition) is 0. The van der Waals surface area contributed by atoms with E-state index in [9.17, 15) is 0 Å². The van der Waals surface area contributed by atoms with Crippen molar-refractivity contribution in [2.24, 2.45) is 0 Å². The summed E-state index contributed by atoms with van der Waals surface area (Å²) >= 11 is 0. The van der Waals surface area contributed by atoms with Gasteiger partial charge in [-0.05, 0) is 22.7 Å². The van der Waals surface area contributed by atoms with Crippen molar-refractivity contribution >= 4 is 19.1 Å². The Kier molecular flexibility index (Phi) is 7.39. The average molecular weight is 473 g/mol. The summed E-state index contributed by atoms with van der Waals surface area (Å²) in [4.78, 5) is 0. The molecule has 4 heteroatoms. The molecule has 25 heavy (non-hydrogen) atoms. The zero-order valence-corrected chi connectivity index (χ0v) is 20.8. The molecule has 0 spiro atoms. The van der Waals surface area contributed by atoms with E-state index in [1.165, 1.54) is 16.5 Å². The van der Waals surface area contributed by atoms with Crippen molar-refractivity contribution in [2.75, 3.05) is 21.1 Å². The van der Waals surface area contributed by atoms with E-state index in [4.69, 9.17) is 0 Å². The van der Waals surface area contributed by atoms with Gasteiger partial charge < -0.3 is 32.7 Å². The number of fused-ring (bicyclic) bond motifs is 1. The Morgan fingerprint density at radius 3 is 1.80 bits per heavy atom. The van der Waals surface area contributed by atoms with Crippen molar-refractivity contribution in [2.45, 2.75) is 64.7 Å². The van der Waals surface area contributed by atoms with Crippen LogP contribution in [0.25, 0.3) is 10.9 Å². The topological polar surface area (TPSA) is 4.93 Å². The minimum atomic E-state index is -1.71. The minimum Gasteiger partial charge on any atom is -1.00 e. The lowest BCUT2D eigenvalue weighted by atomic mass is 10.1. The Balaban J connectivity index is 0.00000312. The molecule has 0 atom stereocenters. The van der Waals surface area contributed by atoms with Gasteiger partial charge in [-0.2, -0.15) is 0 Å². The normalized spacial score (nSPS) is 13.1. The predicted molar refractivity (Wildman–Crippen MR) is 110 cm³/mol. The SMILES string of the molecule is CC(C)[Si](C(C)C)(C(C)C)n1cc(C[N+](C)(C)C)c2ccccc21.[I-]. The van der Waals surface area contributed by atoms with E-state index < -0.39 is 8.24 Å². The summed E-state index contributed by atoms with van der Waals surface area (Å²) < 4.78 is 3.72. The highest BCUT2D eigenvalue weighted by molar-refractivity contribution is 6.82. The second-order valence-electron chi connectivity index (χ2n) is 9.34. The molecule has 0 saturated carbocycles. The van der Waals surface area contributed by atoms with Crippen LogP contribution in [-0.2, 0) is 6.54 Å². The molecule has 0 radical (unpaired) electrons. The smallest absolute Gasteiger partial charge is 0.169 e. The third-order valence-electron chi connectivity index (χ3n) is 5.63. The third kappa shape index (κ3) is 4.16. The lowest BCUT2D eigenvalue weighted by molar-refractivity contribution is -0.883. The maximum atomic E-state index is 2.76. The number of hydrogen-bond acceptors (Lipinski definition) is 0. The van der Waals surface area contributed by atoms with Crippen molar-refractivity contribution < 1.29 is 28.5 Å². The fraction of sp³-hybridized carbons (Fsp3) is 0.619. The third-order valence-corrected chi connectivity index (χ3v) is 12.4. The average Bonchev–Trinajstić information content (AvgIpc) is 2.76.